The summed E-state index contributed by atoms with van der Waals surface area (Å²) in [6.45, 7) is 1.45. The van der Waals surface area contributed by atoms with E-state index < -0.39 is 0 Å². The van der Waals surface area contributed by atoms with E-state index in [9.17, 15) is 10.2 Å². The lowest BCUT2D eigenvalue weighted by molar-refractivity contribution is 0.0810. The molecule has 1 aliphatic rings. The van der Waals surface area contributed by atoms with Crippen molar-refractivity contribution in [1.29, 1.82) is 0 Å². The average Bonchev–Trinajstić information content (AvgIpc) is 2.45. The first-order chi connectivity index (χ1) is 9.56. The van der Waals surface area contributed by atoms with E-state index in [4.69, 9.17) is 23.2 Å². The van der Waals surface area contributed by atoms with E-state index in [2.05, 4.69) is 5.32 Å². The van der Waals surface area contributed by atoms with Crippen LogP contribution in [0.3, 0.4) is 0 Å². The van der Waals surface area contributed by atoms with Gasteiger partial charge in [-0.05, 0) is 25.0 Å². The third-order valence-corrected chi connectivity index (χ3v) is 4.68. The first-order valence-corrected chi connectivity index (χ1v) is 7.80. The molecule has 2 rings (SSSR count). The van der Waals surface area contributed by atoms with Gasteiger partial charge in [-0.15, -0.1) is 0 Å². The van der Waals surface area contributed by atoms with Crippen LogP contribution in [0.5, 0.6) is 5.75 Å². The lowest BCUT2D eigenvalue weighted by Crippen LogP contribution is -2.38. The lowest BCUT2D eigenvalue weighted by atomic mass is 9.74. The van der Waals surface area contributed by atoms with E-state index in [1.54, 1.807) is 6.07 Å². The summed E-state index contributed by atoms with van der Waals surface area (Å²) >= 11 is 11.8. The predicted octanol–water partition coefficient (Wildman–Crippen LogP) is 3.73. The van der Waals surface area contributed by atoms with Crippen molar-refractivity contribution in [3.63, 3.8) is 0 Å². The monoisotopic (exact) mass is 317 g/mol. The molecule has 112 valence electrons. The molecule has 1 aliphatic carbocycles. The number of aliphatic hydroxyl groups is 1. The van der Waals surface area contributed by atoms with Crippen LogP contribution in [0.15, 0.2) is 12.1 Å². The van der Waals surface area contributed by atoms with Crippen molar-refractivity contribution in [1.82, 2.24) is 5.32 Å². The Balaban J connectivity index is 1.95. The van der Waals surface area contributed by atoms with Crippen molar-refractivity contribution in [3.8, 4) is 5.75 Å². The van der Waals surface area contributed by atoms with E-state index in [0.29, 0.717) is 17.1 Å². The van der Waals surface area contributed by atoms with Crippen molar-refractivity contribution >= 4 is 23.2 Å². The van der Waals surface area contributed by atoms with E-state index in [-0.39, 0.29) is 22.8 Å². The van der Waals surface area contributed by atoms with Gasteiger partial charge in [-0.2, -0.15) is 0 Å². The number of phenols is 1. The second-order valence-corrected chi connectivity index (χ2v) is 6.56. The highest BCUT2D eigenvalue weighted by atomic mass is 35.5. The van der Waals surface area contributed by atoms with Crippen LogP contribution in [0.1, 0.15) is 37.7 Å². The van der Waals surface area contributed by atoms with Gasteiger partial charge in [0.15, 0.2) is 0 Å². The molecule has 0 aliphatic heterocycles. The number of phenolic OH excluding ortho intramolecular Hbond substituents is 1. The van der Waals surface area contributed by atoms with Gasteiger partial charge >= 0.3 is 0 Å². The Morgan fingerprint density at radius 2 is 1.85 bits per heavy atom. The molecule has 1 aromatic carbocycles. The van der Waals surface area contributed by atoms with Gasteiger partial charge in [0.05, 0.1) is 5.02 Å². The van der Waals surface area contributed by atoms with Crippen LogP contribution in [0.25, 0.3) is 0 Å². The topological polar surface area (TPSA) is 52.5 Å². The number of hydrogen-bond donors (Lipinski definition) is 3. The minimum absolute atomic E-state index is 0.0176. The van der Waals surface area contributed by atoms with Crippen molar-refractivity contribution in [2.24, 2.45) is 5.41 Å². The minimum atomic E-state index is -0.0176. The number of hydrogen-bond acceptors (Lipinski definition) is 3. The number of aliphatic hydroxyl groups excluding tert-OH is 1. The summed E-state index contributed by atoms with van der Waals surface area (Å²) in [4.78, 5) is 0. The SMILES string of the molecule is OCC1(CNCc2cc(Cl)cc(Cl)c2O)CCCCC1. The molecule has 0 spiro atoms. The Morgan fingerprint density at radius 1 is 1.15 bits per heavy atom. The van der Waals surface area contributed by atoms with E-state index in [1.807, 2.05) is 0 Å². The molecule has 0 atom stereocenters. The summed E-state index contributed by atoms with van der Waals surface area (Å²) in [6.07, 6.45) is 5.72. The fraction of sp³-hybridized carbons (Fsp3) is 0.600. The van der Waals surface area contributed by atoms with Gasteiger partial charge in [-0.1, -0.05) is 42.5 Å². The molecule has 3 nitrogen and oxygen atoms in total. The number of rotatable bonds is 5. The highest BCUT2D eigenvalue weighted by Gasteiger charge is 2.30. The largest absolute Gasteiger partial charge is 0.506 e. The number of aromatic hydroxyl groups is 1. The normalized spacial score (nSPS) is 18.1. The van der Waals surface area contributed by atoms with Crippen LogP contribution in [0, 0.1) is 5.41 Å². The van der Waals surface area contributed by atoms with Crippen LogP contribution in [0.2, 0.25) is 10.0 Å². The molecule has 5 heteroatoms. The smallest absolute Gasteiger partial charge is 0.138 e. The molecule has 1 fully saturated rings. The lowest BCUT2D eigenvalue weighted by Gasteiger charge is -2.35. The van der Waals surface area contributed by atoms with Crippen LogP contribution >= 0.6 is 23.2 Å². The third-order valence-electron chi connectivity index (χ3n) is 4.17. The molecular formula is C15H21Cl2NO2. The Bertz CT molecular complexity index is 459. The Labute approximate surface area is 129 Å². The van der Waals surface area contributed by atoms with Gasteiger partial charge in [-0.3, -0.25) is 0 Å². The summed E-state index contributed by atoms with van der Waals surface area (Å²) in [6, 6.07) is 3.24. The number of halogens is 2. The second kappa shape index (κ2) is 6.99. The summed E-state index contributed by atoms with van der Waals surface area (Å²) < 4.78 is 0. The van der Waals surface area contributed by atoms with Gasteiger partial charge in [0.25, 0.3) is 0 Å². The molecule has 1 aromatic rings. The predicted molar refractivity (Wildman–Crippen MR) is 82.4 cm³/mol. The van der Waals surface area contributed by atoms with Gasteiger partial charge in [0.1, 0.15) is 5.75 Å². The molecule has 0 amide bonds. The highest BCUT2D eigenvalue weighted by molar-refractivity contribution is 6.35. The van der Waals surface area contributed by atoms with Crippen LogP contribution < -0.4 is 5.32 Å². The second-order valence-electron chi connectivity index (χ2n) is 5.72. The summed E-state index contributed by atoms with van der Waals surface area (Å²) in [7, 11) is 0. The Morgan fingerprint density at radius 3 is 2.50 bits per heavy atom. The molecule has 0 unspecified atom stereocenters. The standard InChI is InChI=1S/C15H21Cl2NO2/c16-12-6-11(14(20)13(17)7-12)8-18-9-15(10-19)4-2-1-3-5-15/h6-7,18-20H,1-5,8-10H2. The van der Waals surface area contributed by atoms with E-state index in [1.165, 1.54) is 25.3 Å². The van der Waals surface area contributed by atoms with Gasteiger partial charge in [-0.25, -0.2) is 0 Å². The zero-order valence-electron chi connectivity index (χ0n) is 11.5. The van der Waals surface area contributed by atoms with Gasteiger partial charge in [0.2, 0.25) is 0 Å². The van der Waals surface area contributed by atoms with Crippen LogP contribution in [-0.4, -0.2) is 23.4 Å². The molecule has 1 saturated carbocycles. The molecule has 3 N–H and O–H groups in total. The van der Waals surface area contributed by atoms with Gasteiger partial charge < -0.3 is 15.5 Å². The molecule has 20 heavy (non-hydrogen) atoms. The average molecular weight is 318 g/mol. The maximum Gasteiger partial charge on any atom is 0.138 e. The van der Waals surface area contributed by atoms with Crippen molar-refractivity contribution in [2.45, 2.75) is 38.6 Å². The fourth-order valence-electron chi connectivity index (χ4n) is 2.91. The molecule has 0 saturated heterocycles. The summed E-state index contributed by atoms with van der Waals surface area (Å²) in [5, 5.41) is 23.7. The van der Waals surface area contributed by atoms with Crippen molar-refractivity contribution in [2.75, 3.05) is 13.2 Å². The Hall–Kier alpha value is -0.480. The summed E-state index contributed by atoms with van der Waals surface area (Å²) in [5.74, 6) is 0.0743. The van der Waals surface area contributed by atoms with Crippen LogP contribution in [-0.2, 0) is 6.54 Å². The van der Waals surface area contributed by atoms with E-state index in [0.717, 1.165) is 19.4 Å². The fourth-order valence-corrected chi connectivity index (χ4v) is 3.44. The molecular weight excluding hydrogens is 297 g/mol. The maximum atomic E-state index is 9.90. The minimum Gasteiger partial charge on any atom is -0.506 e. The third kappa shape index (κ3) is 3.79. The highest BCUT2D eigenvalue weighted by Crippen LogP contribution is 2.36. The zero-order chi connectivity index (χ0) is 14.6. The maximum absolute atomic E-state index is 9.90. The Kier molecular flexibility index (Phi) is 5.56. The first-order valence-electron chi connectivity index (χ1n) is 7.05. The van der Waals surface area contributed by atoms with Crippen LogP contribution in [0.4, 0.5) is 0 Å². The zero-order valence-corrected chi connectivity index (χ0v) is 13.0. The van der Waals surface area contributed by atoms with Crippen molar-refractivity contribution < 1.29 is 10.2 Å². The van der Waals surface area contributed by atoms with Crippen molar-refractivity contribution in [3.05, 3.63) is 27.7 Å². The molecule has 0 radical (unpaired) electrons. The number of nitrogens with one attached hydrogen (secondary N) is 1. The van der Waals surface area contributed by atoms with Gasteiger partial charge in [0, 0.05) is 35.7 Å². The van der Waals surface area contributed by atoms with E-state index >= 15 is 0 Å². The summed E-state index contributed by atoms with van der Waals surface area (Å²) in [5.41, 5.74) is 0.669. The first kappa shape index (κ1) is 15.9. The quantitative estimate of drug-likeness (QED) is 0.775. The number of benzene rings is 1. The molecule has 0 heterocycles. The molecule has 0 aromatic heterocycles. The molecule has 0 bridgehead atoms.